The van der Waals surface area contributed by atoms with Gasteiger partial charge in [-0.3, -0.25) is 9.59 Å². The van der Waals surface area contributed by atoms with Crippen molar-refractivity contribution < 1.29 is 14.7 Å². The lowest BCUT2D eigenvalue weighted by molar-refractivity contribution is -0.139. The second-order valence-electron chi connectivity index (χ2n) is 6.61. The van der Waals surface area contributed by atoms with Gasteiger partial charge in [-0.15, -0.1) is 0 Å². The van der Waals surface area contributed by atoms with E-state index in [2.05, 4.69) is 41.8 Å². The highest BCUT2D eigenvalue weighted by atomic mass is 16.2. The molecule has 29 heavy (non-hydrogen) atoms. The summed E-state index contributed by atoms with van der Waals surface area (Å²) in [6.45, 7) is 9.72. The molecule has 2 fully saturated rings. The molecular formula is C23H41N3O3. The number of amides is 2. The number of aliphatic hydroxyl groups excluding tert-OH is 1. The number of carbonyl (C=O) groups excluding carboxylic acids is 2. The number of benzene rings is 1. The Hall–Kier alpha value is -1.92. The number of hydrogen-bond donors (Lipinski definition) is 3. The quantitative estimate of drug-likeness (QED) is 0.720. The van der Waals surface area contributed by atoms with Crippen LogP contribution in [0, 0.1) is 0 Å². The first-order valence-corrected chi connectivity index (χ1v) is 11.0. The number of likely N-dealkylation sites (N-methyl/N-ethyl adjacent to an activating group) is 1. The zero-order chi connectivity index (χ0) is 22.1. The Bertz CT molecular complexity index is 546. The van der Waals surface area contributed by atoms with E-state index in [0.29, 0.717) is 0 Å². The van der Waals surface area contributed by atoms with Crippen molar-refractivity contribution >= 4 is 11.8 Å². The van der Waals surface area contributed by atoms with Gasteiger partial charge in [0.1, 0.15) is 6.04 Å². The third-order valence-corrected chi connectivity index (χ3v) is 4.69. The number of aryl methyl sites for hydroxylation is 1. The van der Waals surface area contributed by atoms with Crippen molar-refractivity contribution in [3.8, 4) is 0 Å². The Morgan fingerprint density at radius 1 is 1.14 bits per heavy atom. The molecule has 2 unspecified atom stereocenters. The van der Waals surface area contributed by atoms with Gasteiger partial charge in [0.15, 0.2) is 0 Å². The van der Waals surface area contributed by atoms with Crippen LogP contribution in [-0.2, 0) is 16.0 Å². The molecule has 2 amide bonds. The second kappa shape index (κ2) is 17.0. The molecule has 6 nitrogen and oxygen atoms in total. The van der Waals surface area contributed by atoms with E-state index in [1.165, 1.54) is 5.56 Å². The number of nitrogens with one attached hydrogen (secondary N) is 2. The molecular weight excluding hydrogens is 366 g/mol. The predicted molar refractivity (Wildman–Crippen MR) is 120 cm³/mol. The predicted octanol–water partition coefficient (Wildman–Crippen LogP) is 2.75. The van der Waals surface area contributed by atoms with Crippen LogP contribution in [0.1, 0.15) is 58.9 Å². The van der Waals surface area contributed by atoms with Crippen LogP contribution in [0.4, 0.5) is 0 Å². The summed E-state index contributed by atoms with van der Waals surface area (Å²) in [5.74, 6) is 0.0625. The van der Waals surface area contributed by atoms with E-state index >= 15 is 0 Å². The fourth-order valence-electron chi connectivity index (χ4n) is 3.28. The molecule has 1 aromatic carbocycles. The first-order chi connectivity index (χ1) is 14.1. The monoisotopic (exact) mass is 407 g/mol. The van der Waals surface area contributed by atoms with Gasteiger partial charge in [0.05, 0.1) is 6.04 Å². The van der Waals surface area contributed by atoms with E-state index in [9.17, 15) is 9.59 Å². The van der Waals surface area contributed by atoms with Crippen LogP contribution >= 0.6 is 0 Å². The molecule has 0 aliphatic carbocycles. The zero-order valence-corrected chi connectivity index (χ0v) is 18.9. The number of rotatable bonds is 3. The van der Waals surface area contributed by atoms with Gasteiger partial charge in [-0.2, -0.15) is 0 Å². The van der Waals surface area contributed by atoms with Crippen LogP contribution in [0.3, 0.4) is 0 Å². The highest BCUT2D eigenvalue weighted by Gasteiger charge is 2.37. The normalized spacial score (nSPS) is 19.6. The first kappa shape index (κ1) is 27.1. The topological polar surface area (TPSA) is 81.7 Å². The van der Waals surface area contributed by atoms with Crippen molar-refractivity contribution in [2.24, 2.45) is 0 Å². The van der Waals surface area contributed by atoms with Crippen LogP contribution < -0.4 is 10.6 Å². The summed E-state index contributed by atoms with van der Waals surface area (Å²) in [7, 11) is 1.62. The molecule has 2 aliphatic heterocycles. The number of likely N-dealkylation sites (tertiary alicyclic amines) is 1. The van der Waals surface area contributed by atoms with Crippen LogP contribution in [0.15, 0.2) is 30.3 Å². The van der Waals surface area contributed by atoms with Gasteiger partial charge >= 0.3 is 0 Å². The molecule has 3 N–H and O–H groups in total. The van der Waals surface area contributed by atoms with Gasteiger partial charge in [-0.05, 0) is 51.1 Å². The smallest absolute Gasteiger partial charge is 0.242 e. The average molecular weight is 408 g/mol. The van der Waals surface area contributed by atoms with Crippen molar-refractivity contribution in [1.82, 2.24) is 15.5 Å². The Kier molecular flexibility index (Phi) is 15.9. The Labute approximate surface area is 177 Å². The van der Waals surface area contributed by atoms with E-state index in [1.807, 2.05) is 19.9 Å². The fraction of sp³-hybridized carbons (Fsp3) is 0.652. The molecule has 0 spiro atoms. The van der Waals surface area contributed by atoms with Crippen LogP contribution in [0.25, 0.3) is 0 Å². The average Bonchev–Trinajstić information content (AvgIpc) is 3.48. The van der Waals surface area contributed by atoms with Crippen LogP contribution in [0.5, 0.6) is 0 Å². The molecule has 2 atom stereocenters. The number of nitrogens with zero attached hydrogens (tertiary/aromatic N) is 1. The van der Waals surface area contributed by atoms with Crippen LogP contribution in [0.2, 0.25) is 0 Å². The van der Waals surface area contributed by atoms with E-state index < -0.39 is 0 Å². The fourth-order valence-corrected chi connectivity index (χ4v) is 3.28. The van der Waals surface area contributed by atoms with E-state index in [4.69, 9.17) is 5.11 Å². The zero-order valence-electron chi connectivity index (χ0n) is 18.9. The maximum atomic E-state index is 12.2. The van der Waals surface area contributed by atoms with Crippen molar-refractivity contribution in [2.75, 3.05) is 26.7 Å². The summed E-state index contributed by atoms with van der Waals surface area (Å²) in [5, 5.41) is 13.4. The third kappa shape index (κ3) is 9.90. The molecule has 0 aromatic heterocycles. The third-order valence-electron chi connectivity index (χ3n) is 4.69. The standard InChI is InChI=1S/C11H19N3O2.C8H10.C2H6O.C2H6/c1-12-10(15)9-5-3-7-14(9)11(16)8-4-2-6-13-8;1-2-8-6-4-3-5-7-8;1-2-3;1-2/h8-9,13H,2-7H2,1H3,(H,12,15);3-7H,2H2,1H3;3H,2H2,1H3;1-2H3. The number of aliphatic hydroxyl groups is 1. The minimum atomic E-state index is -0.250. The summed E-state index contributed by atoms with van der Waals surface area (Å²) in [6, 6.07) is 10.1. The van der Waals surface area contributed by atoms with Gasteiger partial charge < -0.3 is 20.6 Å². The van der Waals surface area contributed by atoms with Gasteiger partial charge in [0.2, 0.25) is 11.8 Å². The van der Waals surface area contributed by atoms with Gasteiger partial charge in [-0.25, -0.2) is 0 Å². The Balaban J connectivity index is 0.000000505. The summed E-state index contributed by atoms with van der Waals surface area (Å²) in [4.78, 5) is 25.5. The van der Waals surface area contributed by atoms with Crippen molar-refractivity contribution in [3.05, 3.63) is 35.9 Å². The molecule has 2 aliphatic rings. The van der Waals surface area contributed by atoms with Gasteiger partial charge in [0.25, 0.3) is 0 Å². The lowest BCUT2D eigenvalue weighted by atomic mass is 10.1. The van der Waals surface area contributed by atoms with Gasteiger partial charge in [-0.1, -0.05) is 51.1 Å². The Morgan fingerprint density at radius 3 is 2.21 bits per heavy atom. The molecule has 1 aromatic rings. The molecule has 2 saturated heterocycles. The largest absolute Gasteiger partial charge is 0.397 e. The highest BCUT2D eigenvalue weighted by Crippen LogP contribution is 2.20. The maximum Gasteiger partial charge on any atom is 0.242 e. The molecule has 0 bridgehead atoms. The lowest BCUT2D eigenvalue weighted by Gasteiger charge is -2.26. The maximum absolute atomic E-state index is 12.2. The number of carbonyl (C=O) groups is 2. The number of hydrogen-bond acceptors (Lipinski definition) is 4. The van der Waals surface area contributed by atoms with E-state index in [-0.39, 0.29) is 30.5 Å². The molecule has 0 saturated carbocycles. The van der Waals surface area contributed by atoms with Crippen molar-refractivity contribution in [1.29, 1.82) is 0 Å². The van der Waals surface area contributed by atoms with E-state index in [1.54, 1.807) is 18.9 Å². The second-order valence-corrected chi connectivity index (χ2v) is 6.61. The summed E-state index contributed by atoms with van der Waals surface area (Å²) >= 11 is 0. The first-order valence-electron chi connectivity index (χ1n) is 11.0. The summed E-state index contributed by atoms with van der Waals surface area (Å²) in [5.41, 5.74) is 1.41. The van der Waals surface area contributed by atoms with E-state index in [0.717, 1.165) is 45.2 Å². The minimum absolute atomic E-state index is 0.0381. The van der Waals surface area contributed by atoms with Gasteiger partial charge in [0, 0.05) is 20.2 Å². The molecule has 0 radical (unpaired) electrons. The minimum Gasteiger partial charge on any atom is -0.397 e. The highest BCUT2D eigenvalue weighted by molar-refractivity contribution is 5.90. The van der Waals surface area contributed by atoms with Crippen molar-refractivity contribution in [3.63, 3.8) is 0 Å². The molecule has 2 heterocycles. The molecule has 3 rings (SSSR count). The SMILES string of the molecule is CC.CCO.CCc1ccccc1.CNC(=O)C1CCCN1C(=O)C1CCCN1. The van der Waals surface area contributed by atoms with Crippen molar-refractivity contribution in [2.45, 2.75) is 71.9 Å². The lowest BCUT2D eigenvalue weighted by Crippen LogP contribution is -2.50. The molecule has 6 heteroatoms. The molecule has 166 valence electrons. The summed E-state index contributed by atoms with van der Waals surface area (Å²) < 4.78 is 0. The summed E-state index contributed by atoms with van der Waals surface area (Å²) in [6.07, 6.45) is 4.81. The van der Waals surface area contributed by atoms with Crippen LogP contribution in [-0.4, -0.2) is 60.6 Å². The Morgan fingerprint density at radius 2 is 1.76 bits per heavy atom.